The van der Waals surface area contributed by atoms with E-state index in [0.29, 0.717) is 24.9 Å². The van der Waals surface area contributed by atoms with E-state index in [-0.39, 0.29) is 24.0 Å². The molecule has 126 valence electrons. The van der Waals surface area contributed by atoms with Crippen molar-refractivity contribution in [1.82, 2.24) is 15.6 Å². The van der Waals surface area contributed by atoms with Crippen LogP contribution in [-0.2, 0) is 6.54 Å². The number of hydrogen-bond donors (Lipinski definition) is 2. The summed E-state index contributed by atoms with van der Waals surface area (Å²) in [5.41, 5.74) is 1.03. The first kappa shape index (κ1) is 20.9. The van der Waals surface area contributed by atoms with E-state index in [1.807, 2.05) is 19.1 Å². The molecule has 2 N–H and O–H groups in total. The zero-order chi connectivity index (χ0) is 15.5. The third kappa shape index (κ3) is 7.29. The van der Waals surface area contributed by atoms with Gasteiger partial charge in [0.25, 0.3) is 0 Å². The number of nitrogens with zero attached hydrogens (tertiary/aromatic N) is 2. The van der Waals surface area contributed by atoms with Gasteiger partial charge in [-0.1, -0.05) is 32.8 Å². The van der Waals surface area contributed by atoms with Gasteiger partial charge in [0.2, 0.25) is 5.88 Å². The Balaban J connectivity index is 0.00000441. The Hall–Kier alpha value is -1.05. The molecule has 1 heterocycles. The summed E-state index contributed by atoms with van der Waals surface area (Å²) in [7, 11) is 1.79. The Bertz CT molecular complexity index is 436. The van der Waals surface area contributed by atoms with Crippen molar-refractivity contribution >= 4 is 29.9 Å². The lowest BCUT2D eigenvalue weighted by Gasteiger charge is -2.17. The second-order valence-electron chi connectivity index (χ2n) is 4.89. The number of rotatable bonds is 8. The van der Waals surface area contributed by atoms with Crippen molar-refractivity contribution in [3.05, 3.63) is 23.9 Å². The number of hydrogen-bond acceptors (Lipinski definition) is 3. The SMILES string of the molecule is CCOc1ncccc1CNC(=NC)NCC(CC)CC.I. The number of ether oxygens (including phenoxy) is 1. The van der Waals surface area contributed by atoms with E-state index >= 15 is 0 Å². The highest BCUT2D eigenvalue weighted by molar-refractivity contribution is 14.0. The summed E-state index contributed by atoms with van der Waals surface area (Å²) in [6, 6.07) is 3.93. The first-order chi connectivity index (χ1) is 10.2. The second kappa shape index (κ2) is 12.5. The molecule has 1 aromatic heterocycles. The molecule has 0 aromatic carbocycles. The maximum atomic E-state index is 5.52. The Kier molecular flexibility index (Phi) is 11.9. The summed E-state index contributed by atoms with van der Waals surface area (Å²) in [5.74, 6) is 2.18. The van der Waals surface area contributed by atoms with Crippen LogP contribution in [0.2, 0.25) is 0 Å². The maximum Gasteiger partial charge on any atom is 0.218 e. The molecule has 0 aliphatic rings. The largest absolute Gasteiger partial charge is 0.478 e. The van der Waals surface area contributed by atoms with Crippen LogP contribution >= 0.6 is 24.0 Å². The summed E-state index contributed by atoms with van der Waals surface area (Å²) in [6.07, 6.45) is 4.10. The van der Waals surface area contributed by atoms with Crippen molar-refractivity contribution in [2.24, 2.45) is 10.9 Å². The van der Waals surface area contributed by atoms with Crippen molar-refractivity contribution in [2.45, 2.75) is 40.2 Å². The molecule has 0 radical (unpaired) electrons. The third-order valence-corrected chi connectivity index (χ3v) is 3.51. The molecule has 0 saturated carbocycles. The summed E-state index contributed by atoms with van der Waals surface area (Å²) in [6.45, 7) is 8.60. The van der Waals surface area contributed by atoms with Crippen molar-refractivity contribution in [3.8, 4) is 5.88 Å². The van der Waals surface area contributed by atoms with Crippen molar-refractivity contribution in [3.63, 3.8) is 0 Å². The molecule has 0 unspecified atom stereocenters. The second-order valence-corrected chi connectivity index (χ2v) is 4.89. The zero-order valence-electron chi connectivity index (χ0n) is 14.1. The number of nitrogens with one attached hydrogen (secondary N) is 2. The summed E-state index contributed by atoms with van der Waals surface area (Å²) in [4.78, 5) is 8.50. The summed E-state index contributed by atoms with van der Waals surface area (Å²) < 4.78 is 5.52. The van der Waals surface area contributed by atoms with Crippen LogP contribution < -0.4 is 15.4 Å². The van der Waals surface area contributed by atoms with Gasteiger partial charge in [0, 0.05) is 31.9 Å². The van der Waals surface area contributed by atoms with Gasteiger partial charge in [0.1, 0.15) is 0 Å². The van der Waals surface area contributed by atoms with E-state index in [1.165, 1.54) is 12.8 Å². The van der Waals surface area contributed by atoms with E-state index in [2.05, 4.69) is 34.5 Å². The van der Waals surface area contributed by atoms with Crippen molar-refractivity contribution < 1.29 is 4.74 Å². The lowest BCUT2D eigenvalue weighted by Crippen LogP contribution is -2.39. The van der Waals surface area contributed by atoms with Gasteiger partial charge in [-0.25, -0.2) is 4.98 Å². The molecule has 0 fully saturated rings. The molecule has 1 rings (SSSR count). The fraction of sp³-hybridized carbons (Fsp3) is 0.625. The predicted molar refractivity (Wildman–Crippen MR) is 103 cm³/mol. The molecular formula is C16H29IN4O. The monoisotopic (exact) mass is 420 g/mol. The van der Waals surface area contributed by atoms with Crippen LogP contribution in [0.5, 0.6) is 5.88 Å². The average Bonchev–Trinajstić information content (AvgIpc) is 2.52. The van der Waals surface area contributed by atoms with Gasteiger partial charge in [-0.15, -0.1) is 24.0 Å². The predicted octanol–water partition coefficient (Wildman–Crippen LogP) is 3.20. The van der Waals surface area contributed by atoms with Crippen molar-refractivity contribution in [1.29, 1.82) is 0 Å². The van der Waals surface area contributed by atoms with Crippen LogP contribution in [0.25, 0.3) is 0 Å². The van der Waals surface area contributed by atoms with Gasteiger partial charge in [0.15, 0.2) is 5.96 Å². The number of aliphatic imine (C=N–C) groups is 1. The minimum Gasteiger partial charge on any atom is -0.478 e. The Morgan fingerprint density at radius 1 is 1.27 bits per heavy atom. The average molecular weight is 420 g/mol. The lowest BCUT2D eigenvalue weighted by atomic mass is 10.0. The lowest BCUT2D eigenvalue weighted by molar-refractivity contribution is 0.322. The standard InChI is InChI=1S/C16H28N4O.HI/c1-5-13(6-2)11-19-16(17-4)20-12-14-9-8-10-18-15(14)21-7-3;/h8-10,13H,5-7,11-12H2,1-4H3,(H2,17,19,20);1H. The normalized spacial score (nSPS) is 11.0. The van der Waals surface area contributed by atoms with Gasteiger partial charge in [-0.2, -0.15) is 0 Å². The molecule has 0 aliphatic heterocycles. The third-order valence-electron chi connectivity index (χ3n) is 3.51. The molecule has 0 bridgehead atoms. The topological polar surface area (TPSA) is 58.5 Å². The fourth-order valence-electron chi connectivity index (χ4n) is 2.04. The molecule has 0 amide bonds. The highest BCUT2D eigenvalue weighted by Crippen LogP contribution is 2.13. The molecular weight excluding hydrogens is 391 g/mol. The molecule has 6 heteroatoms. The van der Waals surface area contributed by atoms with Gasteiger partial charge in [-0.05, 0) is 18.9 Å². The number of halogens is 1. The molecule has 0 atom stereocenters. The molecule has 0 aliphatic carbocycles. The minimum absolute atomic E-state index is 0. The van der Waals surface area contributed by atoms with Crippen LogP contribution in [0.1, 0.15) is 39.2 Å². The van der Waals surface area contributed by atoms with Crippen LogP contribution in [0.4, 0.5) is 0 Å². The minimum atomic E-state index is 0. The van der Waals surface area contributed by atoms with Gasteiger partial charge in [-0.3, -0.25) is 4.99 Å². The van der Waals surface area contributed by atoms with Crippen LogP contribution in [-0.4, -0.2) is 31.1 Å². The van der Waals surface area contributed by atoms with E-state index in [9.17, 15) is 0 Å². The Morgan fingerprint density at radius 3 is 2.59 bits per heavy atom. The Morgan fingerprint density at radius 2 is 2.00 bits per heavy atom. The first-order valence-corrected chi connectivity index (χ1v) is 7.76. The smallest absolute Gasteiger partial charge is 0.218 e. The summed E-state index contributed by atoms with van der Waals surface area (Å²) in [5, 5.41) is 6.68. The van der Waals surface area contributed by atoms with Gasteiger partial charge < -0.3 is 15.4 Å². The van der Waals surface area contributed by atoms with E-state index in [4.69, 9.17) is 4.74 Å². The highest BCUT2D eigenvalue weighted by Gasteiger charge is 2.07. The molecule has 5 nitrogen and oxygen atoms in total. The van der Waals surface area contributed by atoms with Crippen molar-refractivity contribution in [2.75, 3.05) is 20.2 Å². The van der Waals surface area contributed by atoms with Gasteiger partial charge >= 0.3 is 0 Å². The maximum absolute atomic E-state index is 5.52. The van der Waals surface area contributed by atoms with Gasteiger partial charge in [0.05, 0.1) is 6.61 Å². The number of aromatic nitrogens is 1. The molecule has 22 heavy (non-hydrogen) atoms. The van der Waals surface area contributed by atoms with E-state index in [1.54, 1.807) is 13.2 Å². The van der Waals surface area contributed by atoms with Crippen LogP contribution in [0.3, 0.4) is 0 Å². The molecule has 0 saturated heterocycles. The van der Waals surface area contributed by atoms with Crippen LogP contribution in [0, 0.1) is 5.92 Å². The number of pyridine rings is 1. The molecule has 0 spiro atoms. The number of guanidine groups is 1. The highest BCUT2D eigenvalue weighted by atomic mass is 127. The Labute approximate surface area is 151 Å². The van der Waals surface area contributed by atoms with Crippen LogP contribution in [0.15, 0.2) is 23.3 Å². The fourth-order valence-corrected chi connectivity index (χ4v) is 2.04. The zero-order valence-corrected chi connectivity index (χ0v) is 16.4. The van der Waals surface area contributed by atoms with E-state index < -0.39 is 0 Å². The quantitative estimate of drug-likeness (QED) is 0.385. The first-order valence-electron chi connectivity index (χ1n) is 7.76. The summed E-state index contributed by atoms with van der Waals surface area (Å²) >= 11 is 0. The van der Waals surface area contributed by atoms with E-state index in [0.717, 1.165) is 18.1 Å². The molecule has 1 aromatic rings.